The lowest BCUT2D eigenvalue weighted by molar-refractivity contribution is -0.682. The lowest BCUT2D eigenvalue weighted by Crippen LogP contribution is -2.87. The first kappa shape index (κ1) is 18.0. The number of hydrogen-bond donors (Lipinski definition) is 3. The topological polar surface area (TPSA) is 74.8 Å². The van der Waals surface area contributed by atoms with Crippen molar-refractivity contribution in [1.29, 1.82) is 0 Å². The Labute approximate surface area is 128 Å². The normalized spacial score (nSPS) is 12.6. The van der Waals surface area contributed by atoms with Crippen molar-refractivity contribution in [3.05, 3.63) is 35.4 Å². The van der Waals surface area contributed by atoms with Crippen LogP contribution >= 0.6 is 0 Å². The molecule has 0 aromatic heterocycles. The standard InChI is InChI=1S/C15H21F2N3O2/c1-9(10-5-6-11(16)12(17)7-10)18-8-13(21)19-14(22)20-15(2,3)4/h5-7,9,18H,8H2,1-4H3,(H2,19,20,21,22)/p+1/t9-/m0/s1. The van der Waals surface area contributed by atoms with Crippen LogP contribution in [0.1, 0.15) is 39.3 Å². The Morgan fingerprint density at radius 1 is 1.23 bits per heavy atom. The van der Waals surface area contributed by atoms with E-state index in [0.717, 1.165) is 12.1 Å². The van der Waals surface area contributed by atoms with Gasteiger partial charge in [-0.15, -0.1) is 0 Å². The molecule has 7 heteroatoms. The zero-order chi connectivity index (χ0) is 16.9. The molecule has 3 amide bonds. The molecular weight excluding hydrogens is 292 g/mol. The number of amides is 3. The van der Waals surface area contributed by atoms with E-state index in [9.17, 15) is 18.4 Å². The van der Waals surface area contributed by atoms with Gasteiger partial charge in [-0.3, -0.25) is 10.1 Å². The first-order chi connectivity index (χ1) is 10.1. The summed E-state index contributed by atoms with van der Waals surface area (Å²) in [5.74, 6) is -2.30. The van der Waals surface area contributed by atoms with Gasteiger partial charge in [0.25, 0.3) is 5.91 Å². The number of quaternary nitrogens is 1. The van der Waals surface area contributed by atoms with Gasteiger partial charge < -0.3 is 10.6 Å². The van der Waals surface area contributed by atoms with Crippen LogP contribution in [0, 0.1) is 11.6 Å². The molecule has 4 N–H and O–H groups in total. The van der Waals surface area contributed by atoms with E-state index >= 15 is 0 Å². The summed E-state index contributed by atoms with van der Waals surface area (Å²) in [4.78, 5) is 23.2. The van der Waals surface area contributed by atoms with E-state index in [1.807, 2.05) is 0 Å². The molecule has 0 aliphatic heterocycles. The number of rotatable bonds is 4. The van der Waals surface area contributed by atoms with Crippen LogP contribution in [0.2, 0.25) is 0 Å². The van der Waals surface area contributed by atoms with Crippen molar-refractivity contribution in [1.82, 2.24) is 10.6 Å². The highest BCUT2D eigenvalue weighted by Gasteiger charge is 2.18. The third kappa shape index (κ3) is 6.17. The van der Waals surface area contributed by atoms with Gasteiger partial charge in [-0.25, -0.2) is 13.6 Å². The quantitative estimate of drug-likeness (QED) is 0.781. The van der Waals surface area contributed by atoms with Crippen LogP contribution in [0.15, 0.2) is 18.2 Å². The number of urea groups is 1. The van der Waals surface area contributed by atoms with E-state index in [1.54, 1.807) is 33.0 Å². The smallest absolute Gasteiger partial charge is 0.322 e. The van der Waals surface area contributed by atoms with Crippen LogP contribution in [-0.2, 0) is 4.79 Å². The Bertz CT molecular complexity index is 556. The van der Waals surface area contributed by atoms with Gasteiger partial charge >= 0.3 is 6.03 Å². The number of benzene rings is 1. The molecule has 5 nitrogen and oxygen atoms in total. The summed E-state index contributed by atoms with van der Waals surface area (Å²) in [6.07, 6.45) is 0. The van der Waals surface area contributed by atoms with Gasteiger partial charge in [0, 0.05) is 11.1 Å². The third-order valence-electron chi connectivity index (χ3n) is 2.87. The molecule has 0 spiro atoms. The Kier molecular flexibility index (Phi) is 5.99. The lowest BCUT2D eigenvalue weighted by Gasteiger charge is -2.20. The molecule has 1 aromatic carbocycles. The van der Waals surface area contributed by atoms with Crippen LogP contribution in [0.3, 0.4) is 0 Å². The van der Waals surface area contributed by atoms with Crippen LogP contribution < -0.4 is 16.0 Å². The minimum atomic E-state index is -0.924. The predicted octanol–water partition coefficient (Wildman–Crippen LogP) is 1.21. The van der Waals surface area contributed by atoms with Crippen molar-refractivity contribution in [2.75, 3.05) is 6.54 Å². The van der Waals surface area contributed by atoms with Gasteiger partial charge in [0.05, 0.1) is 0 Å². The maximum absolute atomic E-state index is 13.1. The van der Waals surface area contributed by atoms with Crippen molar-refractivity contribution < 1.29 is 23.7 Å². The largest absolute Gasteiger partial charge is 0.333 e. The Balaban J connectivity index is 2.46. The monoisotopic (exact) mass is 314 g/mol. The Morgan fingerprint density at radius 2 is 1.86 bits per heavy atom. The van der Waals surface area contributed by atoms with Gasteiger partial charge in [-0.1, -0.05) is 0 Å². The summed E-state index contributed by atoms with van der Waals surface area (Å²) in [5.41, 5.74) is 0.123. The molecular formula is C15H22F2N3O2+. The summed E-state index contributed by atoms with van der Waals surface area (Å²) in [6, 6.07) is 2.80. The second-order valence-corrected chi connectivity index (χ2v) is 6.15. The zero-order valence-electron chi connectivity index (χ0n) is 13.2. The fraction of sp³-hybridized carbons (Fsp3) is 0.467. The summed E-state index contributed by atoms with van der Waals surface area (Å²) < 4.78 is 26.0. The van der Waals surface area contributed by atoms with Crippen molar-refractivity contribution in [2.24, 2.45) is 0 Å². The number of hydrogen-bond acceptors (Lipinski definition) is 2. The van der Waals surface area contributed by atoms with Crippen molar-refractivity contribution >= 4 is 11.9 Å². The van der Waals surface area contributed by atoms with Gasteiger partial charge in [0.1, 0.15) is 6.04 Å². The highest BCUT2D eigenvalue weighted by molar-refractivity contribution is 5.94. The van der Waals surface area contributed by atoms with E-state index in [2.05, 4.69) is 10.6 Å². The second kappa shape index (κ2) is 7.31. The first-order valence-corrected chi connectivity index (χ1v) is 6.99. The molecule has 1 atom stereocenters. The Hall–Kier alpha value is -2.02. The van der Waals surface area contributed by atoms with Crippen LogP contribution in [0.5, 0.6) is 0 Å². The summed E-state index contributed by atoms with van der Waals surface area (Å²) in [6.45, 7) is 7.16. The number of halogens is 2. The molecule has 0 fully saturated rings. The fourth-order valence-electron chi connectivity index (χ4n) is 1.77. The molecule has 0 bridgehead atoms. The highest BCUT2D eigenvalue weighted by atomic mass is 19.2. The maximum Gasteiger partial charge on any atom is 0.322 e. The number of imide groups is 1. The molecule has 122 valence electrons. The van der Waals surface area contributed by atoms with Crippen molar-refractivity contribution in [3.63, 3.8) is 0 Å². The van der Waals surface area contributed by atoms with Crippen LogP contribution in [-0.4, -0.2) is 24.0 Å². The molecule has 0 radical (unpaired) electrons. The fourth-order valence-corrected chi connectivity index (χ4v) is 1.77. The summed E-state index contributed by atoms with van der Waals surface area (Å²) >= 11 is 0. The minimum absolute atomic E-state index is 0.00226. The van der Waals surface area contributed by atoms with Gasteiger partial charge in [-0.05, 0) is 45.9 Å². The van der Waals surface area contributed by atoms with Crippen molar-refractivity contribution in [2.45, 2.75) is 39.3 Å². The second-order valence-electron chi connectivity index (χ2n) is 6.15. The van der Waals surface area contributed by atoms with Crippen LogP contribution in [0.4, 0.5) is 13.6 Å². The predicted molar refractivity (Wildman–Crippen MR) is 78.0 cm³/mol. The number of carbonyl (C=O) groups excluding carboxylic acids is 2. The molecule has 0 saturated heterocycles. The van der Waals surface area contributed by atoms with E-state index in [1.165, 1.54) is 6.07 Å². The van der Waals surface area contributed by atoms with E-state index in [4.69, 9.17) is 0 Å². The number of nitrogens with two attached hydrogens (primary N) is 1. The summed E-state index contributed by atoms with van der Waals surface area (Å²) in [5, 5.41) is 6.45. The molecule has 1 rings (SSSR count). The molecule has 0 aliphatic rings. The number of nitrogens with one attached hydrogen (secondary N) is 2. The molecule has 1 aromatic rings. The van der Waals surface area contributed by atoms with Gasteiger partial charge in [-0.2, -0.15) is 0 Å². The van der Waals surface area contributed by atoms with E-state index in [-0.39, 0.29) is 12.6 Å². The number of carbonyl (C=O) groups is 2. The van der Waals surface area contributed by atoms with Gasteiger partial charge in [0.2, 0.25) is 0 Å². The minimum Gasteiger partial charge on any atom is -0.333 e. The first-order valence-electron chi connectivity index (χ1n) is 6.99. The molecule has 0 aliphatic carbocycles. The molecule has 0 heterocycles. The maximum atomic E-state index is 13.1. The summed E-state index contributed by atoms with van der Waals surface area (Å²) in [7, 11) is 0. The SMILES string of the molecule is C[C@H]([NH2+]CC(=O)NC(=O)NC(C)(C)C)c1ccc(F)c(F)c1. The molecule has 22 heavy (non-hydrogen) atoms. The van der Waals surface area contributed by atoms with Crippen LogP contribution in [0.25, 0.3) is 0 Å². The zero-order valence-corrected chi connectivity index (χ0v) is 13.2. The highest BCUT2D eigenvalue weighted by Crippen LogP contribution is 2.12. The van der Waals surface area contributed by atoms with E-state index < -0.39 is 29.1 Å². The molecule has 0 saturated carbocycles. The lowest BCUT2D eigenvalue weighted by atomic mass is 10.1. The average Bonchev–Trinajstić information content (AvgIpc) is 2.36. The van der Waals surface area contributed by atoms with Crippen molar-refractivity contribution in [3.8, 4) is 0 Å². The third-order valence-corrected chi connectivity index (χ3v) is 2.87. The van der Waals surface area contributed by atoms with Gasteiger partial charge in [0.15, 0.2) is 18.2 Å². The Morgan fingerprint density at radius 3 is 2.41 bits per heavy atom. The molecule has 0 unspecified atom stereocenters. The average molecular weight is 314 g/mol. The van der Waals surface area contributed by atoms with E-state index in [0.29, 0.717) is 5.56 Å².